The second kappa shape index (κ2) is 5.48. The van der Waals surface area contributed by atoms with Crippen molar-refractivity contribution in [3.8, 4) is 0 Å². The fourth-order valence-electron chi connectivity index (χ4n) is 1.65. The van der Waals surface area contributed by atoms with Crippen LogP contribution in [0.5, 0.6) is 0 Å². The number of halogens is 1. The molecular formula is C12H14BrN3O2. The first kappa shape index (κ1) is 13.0. The number of carbonyl (C=O) groups excluding carboxylic acids is 2. The van der Waals surface area contributed by atoms with Crippen LogP contribution in [0.2, 0.25) is 0 Å². The number of hydrogen-bond acceptors (Lipinski definition) is 3. The van der Waals surface area contributed by atoms with E-state index in [0.717, 1.165) is 18.4 Å². The summed E-state index contributed by atoms with van der Waals surface area (Å²) < 4.78 is 0.664. The summed E-state index contributed by atoms with van der Waals surface area (Å²) in [6.07, 6.45) is 3.79. The minimum Gasteiger partial charge on any atom is -0.368 e. The Bertz CT molecular complexity index is 474. The van der Waals surface area contributed by atoms with Crippen molar-refractivity contribution in [2.24, 2.45) is 11.7 Å². The second-order valence-corrected chi connectivity index (χ2v) is 5.15. The molecule has 0 aliphatic heterocycles. The maximum Gasteiger partial charge on any atom is 0.240 e. The smallest absolute Gasteiger partial charge is 0.240 e. The zero-order chi connectivity index (χ0) is 13.1. The van der Waals surface area contributed by atoms with Gasteiger partial charge in [-0.1, -0.05) is 6.07 Å². The highest BCUT2D eigenvalue weighted by molar-refractivity contribution is 9.10. The molecule has 96 valence electrons. The summed E-state index contributed by atoms with van der Waals surface area (Å²) in [7, 11) is 0. The summed E-state index contributed by atoms with van der Waals surface area (Å²) in [6, 6.07) is 2.94. The normalized spacial score (nSPS) is 16.1. The Kier molecular flexibility index (Phi) is 3.96. The lowest BCUT2D eigenvalue weighted by Crippen LogP contribution is -2.46. The lowest BCUT2D eigenvalue weighted by molar-refractivity contribution is -0.128. The number of pyridine rings is 1. The number of aromatic nitrogens is 1. The van der Waals surface area contributed by atoms with E-state index in [0.29, 0.717) is 11.0 Å². The molecule has 3 N–H and O–H groups in total. The molecule has 0 radical (unpaired) electrons. The van der Waals surface area contributed by atoms with Crippen molar-refractivity contribution in [3.05, 3.63) is 28.5 Å². The van der Waals surface area contributed by atoms with Gasteiger partial charge in [0, 0.05) is 18.5 Å². The second-order valence-electron chi connectivity index (χ2n) is 4.40. The van der Waals surface area contributed by atoms with E-state index < -0.39 is 11.9 Å². The zero-order valence-corrected chi connectivity index (χ0v) is 11.3. The van der Waals surface area contributed by atoms with Crippen LogP contribution >= 0.6 is 15.9 Å². The average molecular weight is 312 g/mol. The Morgan fingerprint density at radius 1 is 1.56 bits per heavy atom. The van der Waals surface area contributed by atoms with Gasteiger partial charge in [-0.05, 0) is 40.4 Å². The molecule has 1 fully saturated rings. The molecule has 0 unspecified atom stereocenters. The van der Waals surface area contributed by atoms with Crippen LogP contribution in [0.3, 0.4) is 0 Å². The van der Waals surface area contributed by atoms with Gasteiger partial charge in [-0.25, -0.2) is 4.98 Å². The third kappa shape index (κ3) is 3.29. The summed E-state index contributed by atoms with van der Waals surface area (Å²) in [5, 5.41) is 2.69. The maximum absolute atomic E-state index is 11.6. The molecule has 1 aliphatic carbocycles. The predicted octanol–water partition coefficient (Wildman–Crippen LogP) is 0.767. The molecular weight excluding hydrogens is 298 g/mol. The average Bonchev–Trinajstić information content (AvgIpc) is 3.14. The number of nitrogens with one attached hydrogen (secondary N) is 1. The van der Waals surface area contributed by atoms with E-state index in [1.165, 1.54) is 0 Å². The molecule has 1 aromatic heterocycles. The van der Waals surface area contributed by atoms with Gasteiger partial charge in [0.05, 0.1) is 0 Å². The minimum atomic E-state index is -0.682. The van der Waals surface area contributed by atoms with Gasteiger partial charge in [0.2, 0.25) is 11.8 Å². The van der Waals surface area contributed by atoms with Crippen molar-refractivity contribution in [1.82, 2.24) is 10.3 Å². The maximum atomic E-state index is 11.6. The van der Waals surface area contributed by atoms with E-state index in [4.69, 9.17) is 5.73 Å². The van der Waals surface area contributed by atoms with Crippen molar-refractivity contribution in [2.45, 2.75) is 25.3 Å². The van der Waals surface area contributed by atoms with Crippen LogP contribution in [-0.2, 0) is 16.0 Å². The molecule has 0 aromatic carbocycles. The van der Waals surface area contributed by atoms with Crippen molar-refractivity contribution in [3.63, 3.8) is 0 Å². The molecule has 1 heterocycles. The fourth-order valence-corrected chi connectivity index (χ4v) is 2.06. The number of nitrogens with two attached hydrogens (primary N) is 1. The summed E-state index contributed by atoms with van der Waals surface area (Å²) >= 11 is 3.31. The minimum absolute atomic E-state index is 0.0594. The Morgan fingerprint density at radius 2 is 2.28 bits per heavy atom. The Morgan fingerprint density at radius 3 is 2.83 bits per heavy atom. The number of primary amides is 1. The van der Waals surface area contributed by atoms with Gasteiger partial charge in [0.15, 0.2) is 0 Å². The number of nitrogens with zero attached hydrogens (tertiary/aromatic N) is 1. The zero-order valence-electron chi connectivity index (χ0n) is 9.73. The summed E-state index contributed by atoms with van der Waals surface area (Å²) in [4.78, 5) is 27.1. The number of rotatable bonds is 5. The van der Waals surface area contributed by atoms with Gasteiger partial charge >= 0.3 is 0 Å². The monoisotopic (exact) mass is 311 g/mol. The van der Waals surface area contributed by atoms with Gasteiger partial charge in [0.1, 0.15) is 10.6 Å². The van der Waals surface area contributed by atoms with Crippen LogP contribution in [-0.4, -0.2) is 22.8 Å². The first-order valence-electron chi connectivity index (χ1n) is 5.77. The van der Waals surface area contributed by atoms with Gasteiger partial charge in [-0.15, -0.1) is 0 Å². The molecule has 5 nitrogen and oxygen atoms in total. The lowest BCUT2D eigenvalue weighted by atomic mass is 10.1. The summed E-state index contributed by atoms with van der Waals surface area (Å²) in [6.45, 7) is 0. The van der Waals surface area contributed by atoms with E-state index in [2.05, 4.69) is 26.2 Å². The SMILES string of the molecule is NC(=O)[C@H](Cc1cccnc1Br)NC(=O)C1CC1. The summed E-state index contributed by atoms with van der Waals surface area (Å²) in [5.41, 5.74) is 6.16. The Labute approximate surface area is 113 Å². The van der Waals surface area contributed by atoms with E-state index >= 15 is 0 Å². The highest BCUT2D eigenvalue weighted by atomic mass is 79.9. The summed E-state index contributed by atoms with van der Waals surface area (Å²) in [5.74, 6) is -0.553. The van der Waals surface area contributed by atoms with E-state index in [1.54, 1.807) is 12.3 Å². The third-order valence-corrected chi connectivity index (χ3v) is 3.58. The molecule has 0 spiro atoms. The number of amides is 2. The Hall–Kier alpha value is -1.43. The molecule has 1 atom stereocenters. The largest absolute Gasteiger partial charge is 0.368 e. The molecule has 6 heteroatoms. The van der Waals surface area contributed by atoms with Crippen LogP contribution < -0.4 is 11.1 Å². The van der Waals surface area contributed by atoms with Gasteiger partial charge in [0.25, 0.3) is 0 Å². The van der Waals surface area contributed by atoms with Crippen LogP contribution in [0.25, 0.3) is 0 Å². The van der Waals surface area contributed by atoms with Crippen molar-refractivity contribution >= 4 is 27.7 Å². The van der Waals surface area contributed by atoms with Crippen molar-refractivity contribution in [2.75, 3.05) is 0 Å². The van der Waals surface area contributed by atoms with Crippen LogP contribution in [0.15, 0.2) is 22.9 Å². The third-order valence-electron chi connectivity index (χ3n) is 2.87. The van der Waals surface area contributed by atoms with Gasteiger partial charge in [-0.2, -0.15) is 0 Å². The quantitative estimate of drug-likeness (QED) is 0.788. The molecule has 2 rings (SSSR count). The van der Waals surface area contributed by atoms with E-state index in [1.807, 2.05) is 6.07 Å². The van der Waals surface area contributed by atoms with Gasteiger partial charge < -0.3 is 11.1 Å². The molecule has 0 bridgehead atoms. The highest BCUT2D eigenvalue weighted by Gasteiger charge is 2.32. The van der Waals surface area contributed by atoms with Crippen LogP contribution in [0.1, 0.15) is 18.4 Å². The first-order valence-corrected chi connectivity index (χ1v) is 6.56. The molecule has 18 heavy (non-hydrogen) atoms. The molecule has 1 aliphatic rings. The van der Waals surface area contributed by atoms with E-state index in [9.17, 15) is 9.59 Å². The predicted molar refractivity (Wildman–Crippen MR) is 69.5 cm³/mol. The highest BCUT2D eigenvalue weighted by Crippen LogP contribution is 2.29. The van der Waals surface area contributed by atoms with Crippen LogP contribution in [0.4, 0.5) is 0 Å². The van der Waals surface area contributed by atoms with Crippen molar-refractivity contribution < 1.29 is 9.59 Å². The van der Waals surface area contributed by atoms with E-state index in [-0.39, 0.29) is 11.8 Å². The molecule has 2 amide bonds. The molecule has 0 saturated heterocycles. The standard InChI is InChI=1S/C12H14BrN3O2/c13-10-8(2-1-5-15-10)6-9(11(14)17)16-12(18)7-3-4-7/h1-2,5,7,9H,3-4,6H2,(H2,14,17)(H,16,18)/t9-/m0/s1. The topological polar surface area (TPSA) is 85.1 Å². The van der Waals surface area contributed by atoms with Crippen LogP contribution in [0, 0.1) is 5.92 Å². The molecule has 1 aromatic rings. The Balaban J connectivity index is 2.04. The lowest BCUT2D eigenvalue weighted by Gasteiger charge is -2.15. The van der Waals surface area contributed by atoms with Gasteiger partial charge in [-0.3, -0.25) is 9.59 Å². The molecule has 1 saturated carbocycles. The first-order chi connectivity index (χ1) is 8.58. The fraction of sp³-hybridized carbons (Fsp3) is 0.417. The number of carbonyl (C=O) groups is 2. The number of hydrogen-bond donors (Lipinski definition) is 2. The van der Waals surface area contributed by atoms with Crippen molar-refractivity contribution in [1.29, 1.82) is 0 Å².